The molecular formula is C15H16N6O7S2. The van der Waals surface area contributed by atoms with E-state index in [-0.39, 0.29) is 27.7 Å². The molecule has 160 valence electrons. The van der Waals surface area contributed by atoms with Gasteiger partial charge in [-0.3, -0.25) is 14.9 Å². The van der Waals surface area contributed by atoms with Gasteiger partial charge in [-0.2, -0.15) is 0 Å². The predicted octanol–water partition coefficient (Wildman–Crippen LogP) is -0.270. The lowest BCUT2D eigenvalue weighted by atomic mass is 10.2. The van der Waals surface area contributed by atoms with Crippen molar-refractivity contribution in [2.45, 2.75) is 22.5 Å². The number of sulfone groups is 1. The molecule has 1 aromatic heterocycles. The third-order valence-electron chi connectivity index (χ3n) is 4.11. The zero-order chi connectivity index (χ0) is 21.9. The topological polar surface area (TPSA) is 176 Å². The van der Waals surface area contributed by atoms with E-state index in [9.17, 15) is 28.1 Å². The van der Waals surface area contributed by atoms with Gasteiger partial charge < -0.3 is 10.1 Å². The van der Waals surface area contributed by atoms with Gasteiger partial charge in [-0.25, -0.2) is 17.9 Å². The molecule has 0 aliphatic carbocycles. The normalized spacial score (nSPS) is 17.4. The van der Waals surface area contributed by atoms with E-state index in [1.807, 2.05) is 0 Å². The Labute approximate surface area is 174 Å². The molecule has 30 heavy (non-hydrogen) atoms. The number of amides is 1. The molecule has 1 N–H and O–H groups in total. The number of nitro benzene ring substituents is 1. The smallest absolute Gasteiger partial charge is 0.338 e. The molecule has 0 bridgehead atoms. The highest BCUT2D eigenvalue weighted by Gasteiger charge is 2.29. The number of hydrogen-bond acceptors (Lipinski definition) is 11. The number of esters is 1. The van der Waals surface area contributed by atoms with Crippen molar-refractivity contribution in [2.75, 3.05) is 18.1 Å². The van der Waals surface area contributed by atoms with E-state index in [2.05, 4.69) is 20.8 Å². The van der Waals surface area contributed by atoms with Crippen LogP contribution >= 0.6 is 11.8 Å². The average Bonchev–Trinajstić information content (AvgIpc) is 3.24. The highest BCUT2D eigenvalue weighted by atomic mass is 32.2. The van der Waals surface area contributed by atoms with Gasteiger partial charge in [0.25, 0.3) is 11.6 Å². The standard InChI is InChI=1S/C15H16N6O7S2/c1-20-15(17-18-19-20)29-12-3-2-9(6-11(12)21(24)25)14(23)28-7-13(22)16-10-4-5-30(26,27)8-10/h2-3,6,10H,4-5,7-8H2,1H3,(H,16,22). The Balaban J connectivity index is 1.63. The molecule has 1 aliphatic rings. The summed E-state index contributed by atoms with van der Waals surface area (Å²) in [6, 6.07) is 3.20. The summed E-state index contributed by atoms with van der Waals surface area (Å²) in [5.74, 6) is -1.74. The minimum absolute atomic E-state index is 0.00381. The first-order valence-electron chi connectivity index (χ1n) is 8.50. The Kier molecular flexibility index (Phi) is 6.31. The Bertz CT molecular complexity index is 1100. The number of nitrogens with zero attached hydrogens (tertiary/aromatic N) is 5. The molecule has 1 unspecified atom stereocenters. The van der Waals surface area contributed by atoms with Gasteiger partial charge in [0.05, 0.1) is 26.9 Å². The number of rotatable bonds is 7. The number of ether oxygens (including phenoxy) is 1. The zero-order valence-corrected chi connectivity index (χ0v) is 17.2. The number of carbonyl (C=O) groups is 2. The number of nitrogens with one attached hydrogen (secondary N) is 1. The lowest BCUT2D eigenvalue weighted by Crippen LogP contribution is -2.38. The number of aromatic nitrogens is 4. The summed E-state index contributed by atoms with van der Waals surface area (Å²) in [5, 5.41) is 25.0. The van der Waals surface area contributed by atoms with E-state index < -0.39 is 39.3 Å². The van der Waals surface area contributed by atoms with Crippen LogP contribution in [-0.2, 0) is 26.4 Å². The fourth-order valence-corrected chi connectivity index (χ4v) is 5.16. The highest BCUT2D eigenvalue weighted by molar-refractivity contribution is 7.99. The second kappa shape index (κ2) is 8.74. The molecular weight excluding hydrogens is 440 g/mol. The van der Waals surface area contributed by atoms with Gasteiger partial charge in [0.1, 0.15) is 0 Å². The first-order chi connectivity index (χ1) is 14.1. The van der Waals surface area contributed by atoms with E-state index in [0.29, 0.717) is 11.6 Å². The average molecular weight is 456 g/mol. The van der Waals surface area contributed by atoms with Gasteiger partial charge in [0, 0.05) is 19.2 Å². The number of carbonyl (C=O) groups excluding carboxylic acids is 2. The van der Waals surface area contributed by atoms with E-state index in [1.165, 1.54) is 16.8 Å². The molecule has 3 rings (SSSR count). The van der Waals surface area contributed by atoms with E-state index in [4.69, 9.17) is 4.74 Å². The maximum absolute atomic E-state index is 12.2. The Morgan fingerprint density at radius 1 is 1.43 bits per heavy atom. The van der Waals surface area contributed by atoms with E-state index >= 15 is 0 Å². The SMILES string of the molecule is Cn1nnnc1Sc1ccc(C(=O)OCC(=O)NC2CCS(=O)(=O)C2)cc1[N+](=O)[O-]. The summed E-state index contributed by atoms with van der Waals surface area (Å²) < 4.78 is 29.0. The minimum atomic E-state index is -3.16. The van der Waals surface area contributed by atoms with Crippen molar-refractivity contribution < 1.29 is 27.7 Å². The van der Waals surface area contributed by atoms with E-state index in [1.54, 1.807) is 7.05 Å². The van der Waals surface area contributed by atoms with Crippen molar-refractivity contribution >= 4 is 39.2 Å². The largest absolute Gasteiger partial charge is 0.452 e. The summed E-state index contributed by atoms with van der Waals surface area (Å²) in [7, 11) is -1.58. The number of benzene rings is 1. The molecule has 1 saturated heterocycles. The number of hydrogen-bond donors (Lipinski definition) is 1. The first kappa shape index (κ1) is 21.6. The first-order valence-corrected chi connectivity index (χ1v) is 11.1. The second-order valence-corrected chi connectivity index (χ2v) is 9.61. The minimum Gasteiger partial charge on any atom is -0.452 e. The molecule has 15 heteroatoms. The molecule has 0 radical (unpaired) electrons. The summed E-state index contributed by atoms with van der Waals surface area (Å²) in [6.07, 6.45) is 0.300. The Morgan fingerprint density at radius 2 is 2.20 bits per heavy atom. The van der Waals surface area contributed by atoms with Gasteiger partial charge in [-0.05, 0) is 40.7 Å². The lowest BCUT2D eigenvalue weighted by molar-refractivity contribution is -0.387. The predicted molar refractivity (Wildman–Crippen MR) is 102 cm³/mol. The van der Waals surface area contributed by atoms with Crippen LogP contribution in [0.4, 0.5) is 5.69 Å². The monoisotopic (exact) mass is 456 g/mol. The maximum atomic E-state index is 12.2. The van der Waals surface area contributed by atoms with Crippen molar-refractivity contribution in [3.8, 4) is 0 Å². The van der Waals surface area contributed by atoms with Crippen molar-refractivity contribution in [1.82, 2.24) is 25.5 Å². The second-order valence-electron chi connectivity index (χ2n) is 6.37. The number of tetrazole rings is 1. The third-order valence-corrected chi connectivity index (χ3v) is 6.97. The Morgan fingerprint density at radius 3 is 2.80 bits per heavy atom. The van der Waals surface area contributed by atoms with Crippen LogP contribution in [0.5, 0.6) is 0 Å². The fourth-order valence-electron chi connectivity index (χ4n) is 2.67. The molecule has 13 nitrogen and oxygen atoms in total. The van der Waals surface area contributed by atoms with E-state index in [0.717, 1.165) is 17.8 Å². The van der Waals surface area contributed by atoms with Crippen molar-refractivity contribution in [2.24, 2.45) is 7.05 Å². The van der Waals surface area contributed by atoms with Crippen molar-refractivity contribution in [3.05, 3.63) is 33.9 Å². The van der Waals surface area contributed by atoms with Crippen LogP contribution in [0.15, 0.2) is 28.3 Å². The summed E-state index contributed by atoms with van der Waals surface area (Å²) in [4.78, 5) is 35.0. The van der Waals surface area contributed by atoms with Crippen LogP contribution in [0.25, 0.3) is 0 Å². The quantitative estimate of drug-likeness (QED) is 0.329. The molecule has 0 spiro atoms. The molecule has 1 aliphatic heterocycles. The summed E-state index contributed by atoms with van der Waals surface area (Å²) in [5.41, 5.74) is -0.462. The Hall–Kier alpha value is -3.07. The lowest BCUT2D eigenvalue weighted by Gasteiger charge is -2.11. The molecule has 2 aromatic rings. The number of nitro groups is 1. The fraction of sp³-hybridized carbons (Fsp3) is 0.400. The van der Waals surface area contributed by atoms with Gasteiger partial charge >= 0.3 is 5.97 Å². The van der Waals surface area contributed by atoms with Crippen LogP contribution in [-0.4, -0.2) is 69.6 Å². The van der Waals surface area contributed by atoms with Crippen molar-refractivity contribution in [3.63, 3.8) is 0 Å². The van der Waals surface area contributed by atoms with Crippen molar-refractivity contribution in [1.29, 1.82) is 0 Å². The van der Waals surface area contributed by atoms with Gasteiger partial charge in [-0.1, -0.05) is 0 Å². The zero-order valence-electron chi connectivity index (χ0n) is 15.5. The molecule has 1 atom stereocenters. The highest BCUT2D eigenvalue weighted by Crippen LogP contribution is 2.34. The van der Waals surface area contributed by atoms with Crippen LogP contribution in [0.1, 0.15) is 16.8 Å². The van der Waals surface area contributed by atoms with Gasteiger partial charge in [-0.15, -0.1) is 5.10 Å². The van der Waals surface area contributed by atoms with Crippen LogP contribution in [0, 0.1) is 10.1 Å². The van der Waals surface area contributed by atoms with Gasteiger partial charge in [0.15, 0.2) is 16.4 Å². The molecule has 1 aromatic carbocycles. The van der Waals surface area contributed by atoms with Crippen LogP contribution in [0.3, 0.4) is 0 Å². The van der Waals surface area contributed by atoms with Crippen LogP contribution < -0.4 is 5.32 Å². The molecule has 1 fully saturated rings. The summed E-state index contributed by atoms with van der Waals surface area (Å²) in [6.45, 7) is -0.635. The third kappa shape index (κ3) is 5.29. The van der Waals surface area contributed by atoms with Crippen LogP contribution in [0.2, 0.25) is 0 Å². The maximum Gasteiger partial charge on any atom is 0.338 e. The molecule has 2 heterocycles. The summed E-state index contributed by atoms with van der Waals surface area (Å²) >= 11 is 0.952. The molecule has 1 amide bonds. The molecule has 0 saturated carbocycles. The van der Waals surface area contributed by atoms with Gasteiger partial charge in [0.2, 0.25) is 5.16 Å². The number of aryl methyl sites for hydroxylation is 1.